The van der Waals surface area contributed by atoms with Gasteiger partial charge in [-0.1, -0.05) is 6.92 Å². The van der Waals surface area contributed by atoms with Gasteiger partial charge in [-0.05, 0) is 39.2 Å². The molecule has 0 radical (unpaired) electrons. The third-order valence-electron chi connectivity index (χ3n) is 2.72. The first-order valence-corrected chi connectivity index (χ1v) is 5.55. The molecule has 1 rings (SSSR count). The van der Waals surface area contributed by atoms with E-state index in [1.54, 1.807) is 0 Å². The molecule has 0 aromatic rings. The average Bonchev–Trinajstić information content (AvgIpc) is 2.90. The van der Waals surface area contributed by atoms with Gasteiger partial charge in [0, 0.05) is 6.54 Å². The molecule has 82 valence electrons. The number of nitrogens with zero attached hydrogens (tertiary/aromatic N) is 1. The van der Waals surface area contributed by atoms with Crippen LogP contribution in [0.1, 0.15) is 33.1 Å². The van der Waals surface area contributed by atoms with Gasteiger partial charge in [0.25, 0.3) is 0 Å². The second-order valence-electron chi connectivity index (χ2n) is 4.06. The van der Waals surface area contributed by atoms with Crippen LogP contribution in [0, 0.1) is 5.92 Å². The Bertz CT molecular complexity index is 190. The van der Waals surface area contributed by atoms with Crippen molar-refractivity contribution < 1.29 is 9.53 Å². The lowest BCUT2D eigenvalue weighted by Crippen LogP contribution is -2.40. The summed E-state index contributed by atoms with van der Waals surface area (Å²) in [6, 6.07) is -0.0458. The molecule has 0 amide bonds. The van der Waals surface area contributed by atoms with Gasteiger partial charge in [0.2, 0.25) is 0 Å². The van der Waals surface area contributed by atoms with Gasteiger partial charge < -0.3 is 4.74 Å². The lowest BCUT2D eigenvalue weighted by Gasteiger charge is -2.24. The Morgan fingerprint density at radius 1 is 1.50 bits per heavy atom. The van der Waals surface area contributed by atoms with E-state index in [0.717, 1.165) is 18.9 Å². The van der Waals surface area contributed by atoms with Crippen LogP contribution in [0.3, 0.4) is 0 Å². The van der Waals surface area contributed by atoms with Crippen LogP contribution < -0.4 is 0 Å². The van der Waals surface area contributed by atoms with Crippen LogP contribution in [0.15, 0.2) is 0 Å². The van der Waals surface area contributed by atoms with Gasteiger partial charge in [-0.15, -0.1) is 0 Å². The van der Waals surface area contributed by atoms with Crippen LogP contribution in [-0.4, -0.2) is 37.1 Å². The van der Waals surface area contributed by atoms with Crippen molar-refractivity contribution in [1.82, 2.24) is 4.90 Å². The third kappa shape index (κ3) is 3.29. The van der Waals surface area contributed by atoms with E-state index in [2.05, 4.69) is 4.90 Å². The molecular weight excluding hydrogens is 178 g/mol. The smallest absolute Gasteiger partial charge is 0.323 e. The normalized spacial score (nSPS) is 18.3. The molecule has 0 aromatic heterocycles. The number of carbonyl (C=O) groups is 1. The van der Waals surface area contributed by atoms with Gasteiger partial charge in [0.1, 0.15) is 6.04 Å². The fourth-order valence-corrected chi connectivity index (χ4v) is 1.73. The van der Waals surface area contributed by atoms with Crippen molar-refractivity contribution in [3.8, 4) is 0 Å². The van der Waals surface area contributed by atoms with Gasteiger partial charge in [-0.3, -0.25) is 9.69 Å². The topological polar surface area (TPSA) is 29.5 Å². The molecule has 1 saturated carbocycles. The number of likely N-dealkylation sites (N-methyl/N-ethyl adjacent to an activating group) is 1. The Labute approximate surface area is 86.4 Å². The summed E-state index contributed by atoms with van der Waals surface area (Å²) in [7, 11) is 2.02. The zero-order valence-corrected chi connectivity index (χ0v) is 9.45. The number of hydrogen-bond donors (Lipinski definition) is 0. The minimum atomic E-state index is -0.0712. The predicted octanol–water partition coefficient (Wildman–Crippen LogP) is 1.67. The van der Waals surface area contributed by atoms with Crippen LogP contribution in [0.25, 0.3) is 0 Å². The molecule has 0 saturated heterocycles. The number of rotatable bonds is 6. The molecule has 0 bridgehead atoms. The number of hydrogen-bond acceptors (Lipinski definition) is 3. The first-order chi connectivity index (χ1) is 6.69. The molecule has 3 nitrogen and oxygen atoms in total. The van der Waals surface area contributed by atoms with E-state index in [1.807, 2.05) is 20.9 Å². The Hall–Kier alpha value is -0.570. The van der Waals surface area contributed by atoms with Gasteiger partial charge in [0.05, 0.1) is 6.61 Å². The molecule has 1 atom stereocenters. The highest BCUT2D eigenvalue weighted by molar-refractivity contribution is 5.75. The maximum absolute atomic E-state index is 11.6. The summed E-state index contributed by atoms with van der Waals surface area (Å²) >= 11 is 0. The highest BCUT2D eigenvalue weighted by Crippen LogP contribution is 2.30. The first-order valence-electron chi connectivity index (χ1n) is 5.55. The molecule has 1 aliphatic rings. The summed E-state index contributed by atoms with van der Waals surface area (Å²) in [6.07, 6.45) is 3.48. The molecule has 1 unspecified atom stereocenters. The van der Waals surface area contributed by atoms with E-state index in [4.69, 9.17) is 4.74 Å². The highest BCUT2D eigenvalue weighted by atomic mass is 16.5. The second-order valence-corrected chi connectivity index (χ2v) is 4.06. The van der Waals surface area contributed by atoms with Crippen LogP contribution in [0.4, 0.5) is 0 Å². The molecule has 0 heterocycles. The van der Waals surface area contributed by atoms with Crippen LogP contribution in [-0.2, 0) is 9.53 Å². The second kappa shape index (κ2) is 5.35. The number of ether oxygens (including phenoxy) is 1. The molecule has 0 aromatic carbocycles. The van der Waals surface area contributed by atoms with Crippen LogP contribution in [0.2, 0.25) is 0 Å². The quantitative estimate of drug-likeness (QED) is 0.609. The minimum absolute atomic E-state index is 0.0458. The molecule has 0 spiro atoms. The van der Waals surface area contributed by atoms with Crippen LogP contribution in [0.5, 0.6) is 0 Å². The average molecular weight is 199 g/mol. The molecule has 1 aliphatic carbocycles. The largest absolute Gasteiger partial charge is 0.465 e. The van der Waals surface area contributed by atoms with Gasteiger partial charge >= 0.3 is 5.97 Å². The van der Waals surface area contributed by atoms with E-state index >= 15 is 0 Å². The van der Waals surface area contributed by atoms with Crippen molar-refractivity contribution >= 4 is 5.97 Å². The Morgan fingerprint density at radius 3 is 2.57 bits per heavy atom. The lowest BCUT2D eigenvalue weighted by molar-refractivity contribution is -0.149. The molecule has 0 aliphatic heterocycles. The van der Waals surface area contributed by atoms with Crippen molar-refractivity contribution in [2.24, 2.45) is 5.92 Å². The van der Waals surface area contributed by atoms with Gasteiger partial charge in [-0.2, -0.15) is 0 Å². The predicted molar refractivity (Wildman–Crippen MR) is 56.1 cm³/mol. The van der Waals surface area contributed by atoms with E-state index in [0.29, 0.717) is 6.61 Å². The number of carbonyl (C=O) groups excluding carboxylic acids is 1. The maximum Gasteiger partial charge on any atom is 0.323 e. The summed E-state index contributed by atoms with van der Waals surface area (Å²) in [4.78, 5) is 13.7. The van der Waals surface area contributed by atoms with E-state index in [9.17, 15) is 4.79 Å². The zero-order chi connectivity index (χ0) is 10.6. The van der Waals surface area contributed by atoms with Gasteiger partial charge in [0.15, 0.2) is 0 Å². The summed E-state index contributed by atoms with van der Waals surface area (Å²) in [5.74, 6) is 0.752. The maximum atomic E-state index is 11.6. The molecule has 0 N–H and O–H groups in total. The molecule has 1 fully saturated rings. The lowest BCUT2D eigenvalue weighted by atomic mass is 10.2. The van der Waals surface area contributed by atoms with E-state index in [-0.39, 0.29) is 12.0 Å². The molecule has 3 heteroatoms. The van der Waals surface area contributed by atoms with Crippen LogP contribution >= 0.6 is 0 Å². The minimum Gasteiger partial charge on any atom is -0.465 e. The summed E-state index contributed by atoms with van der Waals surface area (Å²) in [5, 5.41) is 0. The fraction of sp³-hybridized carbons (Fsp3) is 0.909. The summed E-state index contributed by atoms with van der Waals surface area (Å²) in [5.41, 5.74) is 0. The summed E-state index contributed by atoms with van der Waals surface area (Å²) < 4.78 is 5.04. The molecule has 14 heavy (non-hydrogen) atoms. The fourth-order valence-electron chi connectivity index (χ4n) is 1.73. The van der Waals surface area contributed by atoms with Crippen molar-refractivity contribution in [2.75, 3.05) is 20.2 Å². The first kappa shape index (κ1) is 11.5. The number of esters is 1. The van der Waals surface area contributed by atoms with Crippen molar-refractivity contribution in [3.05, 3.63) is 0 Å². The van der Waals surface area contributed by atoms with Gasteiger partial charge in [-0.25, -0.2) is 0 Å². The SMILES string of the molecule is CCOC(=O)C(CC)N(C)CC1CC1. The van der Waals surface area contributed by atoms with Crippen molar-refractivity contribution in [3.63, 3.8) is 0 Å². The van der Waals surface area contributed by atoms with E-state index < -0.39 is 0 Å². The zero-order valence-electron chi connectivity index (χ0n) is 9.45. The Morgan fingerprint density at radius 2 is 2.14 bits per heavy atom. The van der Waals surface area contributed by atoms with E-state index in [1.165, 1.54) is 12.8 Å². The molecular formula is C11H21NO2. The standard InChI is InChI=1S/C11H21NO2/c1-4-10(11(13)14-5-2)12(3)8-9-6-7-9/h9-10H,4-8H2,1-3H3. The third-order valence-corrected chi connectivity index (χ3v) is 2.72. The highest BCUT2D eigenvalue weighted by Gasteiger charge is 2.28. The van der Waals surface area contributed by atoms with Crippen molar-refractivity contribution in [2.45, 2.75) is 39.2 Å². The van der Waals surface area contributed by atoms with Crippen molar-refractivity contribution in [1.29, 1.82) is 0 Å². The Kier molecular flexibility index (Phi) is 4.39. The monoisotopic (exact) mass is 199 g/mol. The Balaban J connectivity index is 2.37. The summed E-state index contributed by atoms with van der Waals surface area (Å²) in [6.45, 7) is 5.40.